The fraction of sp³-hybridized carbons (Fsp3) is 0.500. The maximum atomic E-state index is 12.7. The number of esters is 3. The molecule has 0 amide bonds. The predicted molar refractivity (Wildman–Crippen MR) is 107 cm³/mol. The van der Waals surface area contributed by atoms with Gasteiger partial charge in [-0.1, -0.05) is 18.2 Å². The molecule has 0 aromatic rings. The molecule has 0 saturated carbocycles. The number of hydrogen-bond donors (Lipinski definition) is 2. The molecule has 0 aromatic heterocycles. The summed E-state index contributed by atoms with van der Waals surface area (Å²) in [6.45, 7) is 6.00. The minimum Gasteiger partial charge on any atom is -0.462 e. The second-order valence-electron chi connectivity index (χ2n) is 7.33. The maximum absolute atomic E-state index is 12.7. The third-order valence-corrected chi connectivity index (χ3v) is 5.05. The zero-order valence-corrected chi connectivity index (χ0v) is 17.3. The average Bonchev–Trinajstić information content (AvgIpc) is 2.96. The highest BCUT2D eigenvalue weighted by atomic mass is 16.6. The lowest BCUT2D eigenvalue weighted by atomic mass is 9.85. The van der Waals surface area contributed by atoms with Crippen molar-refractivity contribution < 1.29 is 38.8 Å². The topological polar surface area (TPSA) is 119 Å². The van der Waals surface area contributed by atoms with Crippen LogP contribution in [-0.4, -0.2) is 60.1 Å². The molecule has 0 radical (unpaired) electrons. The number of ether oxygens (including phenoxy) is 3. The largest absolute Gasteiger partial charge is 0.462 e. The van der Waals surface area contributed by atoms with E-state index in [0.29, 0.717) is 19.3 Å². The van der Waals surface area contributed by atoms with Gasteiger partial charge in [-0.05, 0) is 37.5 Å². The quantitative estimate of drug-likeness (QED) is 0.287. The van der Waals surface area contributed by atoms with Crippen LogP contribution in [0.2, 0.25) is 0 Å². The number of aliphatic hydroxyl groups is 2. The van der Waals surface area contributed by atoms with Crippen molar-refractivity contribution in [1.82, 2.24) is 0 Å². The molecule has 1 unspecified atom stereocenters. The molecule has 1 heterocycles. The van der Waals surface area contributed by atoms with Crippen LogP contribution in [0.1, 0.15) is 33.1 Å². The molecule has 8 nitrogen and oxygen atoms in total. The van der Waals surface area contributed by atoms with Crippen molar-refractivity contribution in [2.75, 3.05) is 19.8 Å². The van der Waals surface area contributed by atoms with Crippen LogP contribution in [0, 0.1) is 5.92 Å². The molecule has 30 heavy (non-hydrogen) atoms. The molecule has 1 aliphatic heterocycles. The molecular weight excluding hydrogens is 392 g/mol. The number of allylic oxidation sites excluding steroid dienone is 1. The third-order valence-electron chi connectivity index (χ3n) is 5.05. The maximum Gasteiger partial charge on any atom is 0.336 e. The van der Waals surface area contributed by atoms with Gasteiger partial charge in [0.1, 0.15) is 18.8 Å². The smallest absolute Gasteiger partial charge is 0.336 e. The van der Waals surface area contributed by atoms with E-state index in [1.54, 1.807) is 6.08 Å². The molecular formula is C22H28O8. The van der Waals surface area contributed by atoms with Gasteiger partial charge in [0.25, 0.3) is 0 Å². The average molecular weight is 420 g/mol. The van der Waals surface area contributed by atoms with Crippen molar-refractivity contribution in [3.05, 3.63) is 47.1 Å². The van der Waals surface area contributed by atoms with Gasteiger partial charge in [-0.2, -0.15) is 0 Å². The number of rotatable bonds is 6. The lowest BCUT2D eigenvalue weighted by molar-refractivity contribution is -0.148. The van der Waals surface area contributed by atoms with Crippen molar-refractivity contribution in [3.63, 3.8) is 0 Å². The van der Waals surface area contributed by atoms with Crippen LogP contribution in [-0.2, 0) is 28.6 Å². The molecule has 8 heteroatoms. The van der Waals surface area contributed by atoms with Gasteiger partial charge in [-0.15, -0.1) is 0 Å². The summed E-state index contributed by atoms with van der Waals surface area (Å²) in [6.07, 6.45) is 5.16. The summed E-state index contributed by atoms with van der Waals surface area (Å²) in [6, 6.07) is 0. The molecule has 1 aliphatic carbocycles. The minimum absolute atomic E-state index is 0.0611. The highest BCUT2D eigenvalue weighted by Crippen LogP contribution is 2.36. The molecule has 0 aromatic carbocycles. The van der Waals surface area contributed by atoms with E-state index in [2.05, 4.69) is 6.58 Å². The summed E-state index contributed by atoms with van der Waals surface area (Å²) < 4.78 is 15.9. The number of fused-ring (bicyclic) bond motifs is 1. The fourth-order valence-corrected chi connectivity index (χ4v) is 3.46. The van der Waals surface area contributed by atoms with E-state index in [4.69, 9.17) is 14.2 Å². The number of hydrogen-bond acceptors (Lipinski definition) is 8. The van der Waals surface area contributed by atoms with E-state index in [-0.39, 0.29) is 24.4 Å². The Bertz CT molecular complexity index is 789. The van der Waals surface area contributed by atoms with Gasteiger partial charge in [0.15, 0.2) is 0 Å². The van der Waals surface area contributed by atoms with Crippen molar-refractivity contribution in [2.45, 2.75) is 45.3 Å². The van der Waals surface area contributed by atoms with Crippen LogP contribution >= 0.6 is 0 Å². The van der Waals surface area contributed by atoms with E-state index >= 15 is 0 Å². The van der Waals surface area contributed by atoms with Crippen molar-refractivity contribution in [2.24, 2.45) is 5.92 Å². The number of aliphatic hydroxyl groups excluding tert-OH is 2. The van der Waals surface area contributed by atoms with E-state index < -0.39 is 42.6 Å². The monoisotopic (exact) mass is 420 g/mol. The van der Waals surface area contributed by atoms with Crippen molar-refractivity contribution in [1.29, 1.82) is 0 Å². The Kier molecular flexibility index (Phi) is 8.56. The first-order valence-electron chi connectivity index (χ1n) is 9.76. The standard InChI is InChI=1S/C22H28O8/c1-13-5-4-6-16(11-23)10-19-20(14(2)21(26)29-19)18(9-13)30-22(27)17(12-24)7-8-28-15(3)25/h5,7,10,18-20,23-24H,2,4,6,8-9,11-12H2,1,3H3/b13-5-,16-10+,17-7+/t18?,19-,20-/m1/s1. The summed E-state index contributed by atoms with van der Waals surface area (Å²) in [5.74, 6) is -2.50. The Morgan fingerprint density at radius 1 is 1.37 bits per heavy atom. The van der Waals surface area contributed by atoms with E-state index in [1.165, 1.54) is 13.0 Å². The first-order valence-corrected chi connectivity index (χ1v) is 9.76. The van der Waals surface area contributed by atoms with E-state index in [1.807, 2.05) is 13.0 Å². The zero-order chi connectivity index (χ0) is 22.3. The van der Waals surface area contributed by atoms with Crippen molar-refractivity contribution >= 4 is 17.9 Å². The van der Waals surface area contributed by atoms with Crippen LogP contribution < -0.4 is 0 Å². The molecule has 2 N–H and O–H groups in total. The third kappa shape index (κ3) is 6.14. The molecule has 164 valence electrons. The van der Waals surface area contributed by atoms with Crippen LogP contribution in [0.5, 0.6) is 0 Å². The van der Waals surface area contributed by atoms with E-state index in [0.717, 1.165) is 11.1 Å². The molecule has 3 atom stereocenters. The predicted octanol–water partition coefficient (Wildman–Crippen LogP) is 1.53. The molecule has 2 rings (SSSR count). The Morgan fingerprint density at radius 3 is 2.73 bits per heavy atom. The Labute approximate surface area is 175 Å². The first kappa shape index (κ1) is 23.6. The Balaban J connectivity index is 2.31. The Morgan fingerprint density at radius 2 is 2.10 bits per heavy atom. The zero-order valence-electron chi connectivity index (χ0n) is 17.3. The number of carbonyl (C=O) groups is 3. The Hall–Kier alpha value is -2.71. The summed E-state index contributed by atoms with van der Waals surface area (Å²) >= 11 is 0. The molecule has 0 spiro atoms. The van der Waals surface area contributed by atoms with Crippen molar-refractivity contribution in [3.8, 4) is 0 Å². The molecule has 1 saturated heterocycles. The summed E-state index contributed by atoms with van der Waals surface area (Å²) in [4.78, 5) is 35.7. The second-order valence-corrected chi connectivity index (χ2v) is 7.33. The SMILES string of the molecule is C=C1C(=O)O[C@@H]2/C=C(/CO)CC/C=C(/C)CC(OC(=O)/C(=C/COC(C)=O)CO)[C@@H]12. The lowest BCUT2D eigenvalue weighted by Gasteiger charge is -2.27. The minimum atomic E-state index is -0.781. The van der Waals surface area contributed by atoms with E-state index in [9.17, 15) is 24.6 Å². The van der Waals surface area contributed by atoms with Crippen LogP contribution in [0.4, 0.5) is 0 Å². The van der Waals surface area contributed by atoms with Gasteiger partial charge in [0.2, 0.25) is 0 Å². The highest BCUT2D eigenvalue weighted by Gasteiger charge is 2.44. The van der Waals surface area contributed by atoms with Crippen LogP contribution in [0.25, 0.3) is 0 Å². The lowest BCUT2D eigenvalue weighted by Crippen LogP contribution is -2.34. The normalized spacial score (nSPS) is 28.4. The molecule has 2 aliphatic rings. The first-order chi connectivity index (χ1) is 14.3. The second kappa shape index (κ2) is 10.9. The summed E-state index contributed by atoms with van der Waals surface area (Å²) in [5.41, 5.74) is 1.80. The van der Waals surface area contributed by atoms with Gasteiger partial charge in [0.05, 0.1) is 24.7 Å². The highest BCUT2D eigenvalue weighted by molar-refractivity contribution is 5.92. The van der Waals surface area contributed by atoms with Gasteiger partial charge in [0, 0.05) is 18.9 Å². The van der Waals surface area contributed by atoms with Gasteiger partial charge in [-0.25, -0.2) is 9.59 Å². The van der Waals surface area contributed by atoms with Gasteiger partial charge < -0.3 is 24.4 Å². The fourth-order valence-electron chi connectivity index (χ4n) is 3.46. The summed E-state index contributed by atoms with van der Waals surface area (Å²) in [7, 11) is 0. The van der Waals surface area contributed by atoms with Gasteiger partial charge >= 0.3 is 17.9 Å². The molecule has 0 bridgehead atoms. The number of carbonyl (C=O) groups excluding carboxylic acids is 3. The molecule has 1 fully saturated rings. The summed E-state index contributed by atoms with van der Waals surface area (Å²) in [5, 5.41) is 19.1. The van der Waals surface area contributed by atoms with Crippen LogP contribution in [0.3, 0.4) is 0 Å². The van der Waals surface area contributed by atoms with Crippen LogP contribution in [0.15, 0.2) is 47.1 Å². The van der Waals surface area contributed by atoms with Gasteiger partial charge in [-0.3, -0.25) is 4.79 Å².